The predicted molar refractivity (Wildman–Crippen MR) is 60.6 cm³/mol. The highest BCUT2D eigenvalue weighted by atomic mass is 16.5. The number of aryl methyl sites for hydroxylation is 1. The van der Waals surface area contributed by atoms with Gasteiger partial charge in [0.15, 0.2) is 0 Å². The Balaban J connectivity index is 2.34. The van der Waals surface area contributed by atoms with E-state index in [1.807, 2.05) is 32.0 Å². The molecule has 0 aliphatic rings. The zero-order valence-electron chi connectivity index (χ0n) is 9.40. The van der Waals surface area contributed by atoms with Crippen LogP contribution in [0.4, 0.5) is 0 Å². The van der Waals surface area contributed by atoms with Crippen molar-refractivity contribution in [3.63, 3.8) is 0 Å². The maximum Gasteiger partial charge on any atom is 0.308 e. The molecule has 0 spiro atoms. The molecule has 1 aromatic rings. The second-order valence-electron chi connectivity index (χ2n) is 3.68. The fourth-order valence-electron chi connectivity index (χ4n) is 1.43. The van der Waals surface area contributed by atoms with E-state index < -0.39 is 0 Å². The second kappa shape index (κ2) is 6.23. The minimum Gasteiger partial charge on any atom is -0.466 e. The van der Waals surface area contributed by atoms with Crippen LogP contribution >= 0.6 is 0 Å². The van der Waals surface area contributed by atoms with Gasteiger partial charge in [-0.05, 0) is 25.3 Å². The third-order valence-electron chi connectivity index (χ3n) is 2.40. The van der Waals surface area contributed by atoms with Gasteiger partial charge in [0, 0.05) is 0 Å². The lowest BCUT2D eigenvalue weighted by molar-refractivity contribution is -0.147. The SMILES string of the molecule is CCOC(=O)[C@@H](C)CCc1ccccc1. The molecule has 0 radical (unpaired) electrons. The van der Waals surface area contributed by atoms with Crippen molar-refractivity contribution in [2.45, 2.75) is 26.7 Å². The molecule has 1 aromatic carbocycles. The molecule has 0 aliphatic heterocycles. The molecule has 2 nitrogen and oxygen atoms in total. The van der Waals surface area contributed by atoms with E-state index >= 15 is 0 Å². The summed E-state index contributed by atoms with van der Waals surface area (Å²) >= 11 is 0. The van der Waals surface area contributed by atoms with Gasteiger partial charge in [-0.2, -0.15) is 0 Å². The molecular formula is C13H18O2. The summed E-state index contributed by atoms with van der Waals surface area (Å²) < 4.78 is 4.95. The van der Waals surface area contributed by atoms with E-state index in [9.17, 15) is 4.79 Å². The van der Waals surface area contributed by atoms with Crippen LogP contribution in [0.2, 0.25) is 0 Å². The van der Waals surface area contributed by atoms with E-state index in [1.165, 1.54) is 5.56 Å². The van der Waals surface area contributed by atoms with Crippen molar-refractivity contribution in [2.75, 3.05) is 6.61 Å². The van der Waals surface area contributed by atoms with E-state index in [-0.39, 0.29) is 11.9 Å². The first kappa shape index (κ1) is 11.8. The van der Waals surface area contributed by atoms with Gasteiger partial charge in [-0.1, -0.05) is 37.3 Å². The molecule has 0 aromatic heterocycles. The van der Waals surface area contributed by atoms with Crippen molar-refractivity contribution in [2.24, 2.45) is 5.92 Å². The number of hydrogen-bond acceptors (Lipinski definition) is 2. The summed E-state index contributed by atoms with van der Waals surface area (Å²) in [6.45, 7) is 4.22. The van der Waals surface area contributed by atoms with E-state index in [4.69, 9.17) is 4.74 Å². The maximum atomic E-state index is 11.3. The highest BCUT2D eigenvalue weighted by Gasteiger charge is 2.13. The molecule has 15 heavy (non-hydrogen) atoms. The Hall–Kier alpha value is -1.31. The van der Waals surface area contributed by atoms with Crippen LogP contribution in [0.3, 0.4) is 0 Å². The van der Waals surface area contributed by atoms with E-state index in [2.05, 4.69) is 12.1 Å². The molecule has 1 rings (SSSR count). The first-order valence-electron chi connectivity index (χ1n) is 5.44. The number of benzene rings is 1. The molecule has 0 saturated heterocycles. The van der Waals surface area contributed by atoms with Crippen molar-refractivity contribution < 1.29 is 9.53 Å². The first-order chi connectivity index (χ1) is 7.24. The quantitative estimate of drug-likeness (QED) is 0.692. The summed E-state index contributed by atoms with van der Waals surface area (Å²) in [6, 6.07) is 10.2. The summed E-state index contributed by atoms with van der Waals surface area (Å²) in [7, 11) is 0. The van der Waals surface area contributed by atoms with Gasteiger partial charge in [0.1, 0.15) is 0 Å². The fraction of sp³-hybridized carbons (Fsp3) is 0.462. The zero-order chi connectivity index (χ0) is 11.1. The summed E-state index contributed by atoms with van der Waals surface area (Å²) in [6.07, 6.45) is 1.78. The van der Waals surface area contributed by atoms with Crippen molar-refractivity contribution >= 4 is 5.97 Å². The van der Waals surface area contributed by atoms with Crippen LogP contribution in [-0.2, 0) is 16.0 Å². The predicted octanol–water partition coefficient (Wildman–Crippen LogP) is 2.82. The zero-order valence-corrected chi connectivity index (χ0v) is 9.40. The van der Waals surface area contributed by atoms with Gasteiger partial charge in [-0.3, -0.25) is 4.79 Å². The molecular weight excluding hydrogens is 188 g/mol. The normalized spacial score (nSPS) is 12.1. The monoisotopic (exact) mass is 206 g/mol. The van der Waals surface area contributed by atoms with E-state index in [1.54, 1.807) is 0 Å². The molecule has 0 amide bonds. The minimum absolute atomic E-state index is 0.00911. The third kappa shape index (κ3) is 4.15. The Morgan fingerprint density at radius 3 is 2.60 bits per heavy atom. The average molecular weight is 206 g/mol. The summed E-state index contributed by atoms with van der Waals surface area (Å²) in [5, 5.41) is 0. The van der Waals surface area contributed by atoms with Gasteiger partial charge >= 0.3 is 5.97 Å². The Kier molecular flexibility index (Phi) is 4.88. The largest absolute Gasteiger partial charge is 0.466 e. The van der Waals surface area contributed by atoms with Crippen LogP contribution in [0, 0.1) is 5.92 Å². The Morgan fingerprint density at radius 2 is 2.00 bits per heavy atom. The lowest BCUT2D eigenvalue weighted by atomic mass is 10.0. The van der Waals surface area contributed by atoms with Crippen LogP contribution in [-0.4, -0.2) is 12.6 Å². The summed E-state index contributed by atoms with van der Waals surface area (Å²) in [4.78, 5) is 11.3. The van der Waals surface area contributed by atoms with Crippen molar-refractivity contribution in [3.8, 4) is 0 Å². The summed E-state index contributed by atoms with van der Waals surface area (Å²) in [5.41, 5.74) is 1.27. The van der Waals surface area contributed by atoms with E-state index in [0.29, 0.717) is 6.61 Å². The number of carbonyl (C=O) groups excluding carboxylic acids is 1. The van der Waals surface area contributed by atoms with Gasteiger partial charge in [-0.15, -0.1) is 0 Å². The van der Waals surface area contributed by atoms with Gasteiger partial charge in [0.2, 0.25) is 0 Å². The lowest BCUT2D eigenvalue weighted by Gasteiger charge is -2.09. The minimum atomic E-state index is -0.0894. The fourth-order valence-corrected chi connectivity index (χ4v) is 1.43. The number of hydrogen-bond donors (Lipinski definition) is 0. The molecule has 0 bridgehead atoms. The molecule has 0 fully saturated rings. The second-order valence-corrected chi connectivity index (χ2v) is 3.68. The number of esters is 1. The molecule has 1 atom stereocenters. The smallest absolute Gasteiger partial charge is 0.308 e. The van der Waals surface area contributed by atoms with E-state index in [0.717, 1.165) is 12.8 Å². The highest BCUT2D eigenvalue weighted by Crippen LogP contribution is 2.10. The topological polar surface area (TPSA) is 26.3 Å². The molecule has 0 N–H and O–H groups in total. The Bertz CT molecular complexity index is 293. The number of ether oxygens (including phenoxy) is 1. The van der Waals surface area contributed by atoms with Crippen molar-refractivity contribution in [1.82, 2.24) is 0 Å². The van der Waals surface area contributed by atoms with Gasteiger partial charge in [0.05, 0.1) is 12.5 Å². The number of rotatable bonds is 5. The average Bonchev–Trinajstić information content (AvgIpc) is 2.27. The molecule has 0 aliphatic carbocycles. The Labute approximate surface area is 91.3 Å². The summed E-state index contributed by atoms with van der Waals surface area (Å²) in [5.74, 6) is -0.0985. The third-order valence-corrected chi connectivity index (χ3v) is 2.40. The van der Waals surface area contributed by atoms with Crippen LogP contribution in [0.5, 0.6) is 0 Å². The van der Waals surface area contributed by atoms with Gasteiger partial charge in [0.25, 0.3) is 0 Å². The molecule has 2 heteroatoms. The van der Waals surface area contributed by atoms with Crippen LogP contribution in [0.15, 0.2) is 30.3 Å². The van der Waals surface area contributed by atoms with Gasteiger partial charge in [-0.25, -0.2) is 0 Å². The Morgan fingerprint density at radius 1 is 1.33 bits per heavy atom. The van der Waals surface area contributed by atoms with Crippen LogP contribution in [0.1, 0.15) is 25.8 Å². The highest BCUT2D eigenvalue weighted by molar-refractivity contribution is 5.71. The molecule has 0 unspecified atom stereocenters. The van der Waals surface area contributed by atoms with Gasteiger partial charge < -0.3 is 4.74 Å². The first-order valence-corrected chi connectivity index (χ1v) is 5.44. The standard InChI is InChI=1S/C13H18O2/c1-3-15-13(14)11(2)9-10-12-7-5-4-6-8-12/h4-8,11H,3,9-10H2,1-2H3/t11-/m0/s1. The molecule has 82 valence electrons. The van der Waals surface area contributed by atoms with Crippen molar-refractivity contribution in [3.05, 3.63) is 35.9 Å². The van der Waals surface area contributed by atoms with Crippen molar-refractivity contribution in [1.29, 1.82) is 0 Å². The van der Waals surface area contributed by atoms with Crippen LogP contribution in [0.25, 0.3) is 0 Å². The lowest BCUT2D eigenvalue weighted by Crippen LogP contribution is -2.15. The molecule has 0 saturated carbocycles. The maximum absolute atomic E-state index is 11.3. The molecule has 0 heterocycles. The van der Waals surface area contributed by atoms with Crippen LogP contribution < -0.4 is 0 Å². The number of carbonyl (C=O) groups is 1.